The number of hydrogen-bond acceptors (Lipinski definition) is 4. The number of fused-ring (bicyclic) bond motifs is 1. The molecule has 0 atom stereocenters. The molecule has 2 aromatic carbocycles. The lowest BCUT2D eigenvalue weighted by atomic mass is 10.1. The van der Waals surface area contributed by atoms with Gasteiger partial charge in [-0.3, -0.25) is 4.90 Å². The highest BCUT2D eigenvalue weighted by Crippen LogP contribution is 2.27. The Hall–Kier alpha value is -2.63. The summed E-state index contributed by atoms with van der Waals surface area (Å²) >= 11 is 0. The normalized spacial score (nSPS) is 15.0. The lowest BCUT2D eigenvalue weighted by Gasteiger charge is -2.26. The number of carbonyl (C=O) groups excluding carboxylic acids is 1. The van der Waals surface area contributed by atoms with Crippen molar-refractivity contribution in [3.8, 4) is 0 Å². The second-order valence-corrected chi connectivity index (χ2v) is 7.60. The van der Waals surface area contributed by atoms with Crippen molar-refractivity contribution in [2.45, 2.75) is 20.4 Å². The van der Waals surface area contributed by atoms with E-state index in [2.05, 4.69) is 47.6 Å². The van der Waals surface area contributed by atoms with Crippen LogP contribution in [0.4, 0.5) is 0 Å². The standard InChI is InChI=1S/C24H28N2O3/c1-18-19(2)26(17-20-6-4-3-5-7-20)23-9-8-21(16-22(18)23)24(27)29-15-12-25-10-13-28-14-11-25/h3-9,16H,10-15,17H2,1-2H3. The van der Waals surface area contributed by atoms with E-state index in [0.29, 0.717) is 12.2 Å². The van der Waals surface area contributed by atoms with Crippen LogP contribution in [0.25, 0.3) is 10.9 Å². The van der Waals surface area contributed by atoms with Gasteiger partial charge in [-0.05, 0) is 43.2 Å². The van der Waals surface area contributed by atoms with Gasteiger partial charge in [-0.15, -0.1) is 0 Å². The molecule has 1 aromatic heterocycles. The number of esters is 1. The summed E-state index contributed by atoms with van der Waals surface area (Å²) in [5.41, 5.74) is 5.45. The van der Waals surface area contributed by atoms with Crippen molar-refractivity contribution in [3.05, 3.63) is 70.9 Å². The van der Waals surface area contributed by atoms with E-state index in [-0.39, 0.29) is 5.97 Å². The van der Waals surface area contributed by atoms with Gasteiger partial charge in [0.15, 0.2) is 0 Å². The van der Waals surface area contributed by atoms with Crippen molar-refractivity contribution in [1.29, 1.82) is 0 Å². The molecule has 5 heteroatoms. The van der Waals surface area contributed by atoms with Crippen LogP contribution < -0.4 is 0 Å². The van der Waals surface area contributed by atoms with Gasteiger partial charge in [-0.1, -0.05) is 30.3 Å². The number of nitrogens with zero attached hydrogens (tertiary/aromatic N) is 2. The van der Waals surface area contributed by atoms with Gasteiger partial charge in [0.05, 0.1) is 18.8 Å². The molecule has 2 heterocycles. The molecule has 0 saturated carbocycles. The van der Waals surface area contributed by atoms with Crippen LogP contribution in [0.3, 0.4) is 0 Å². The maximum Gasteiger partial charge on any atom is 0.338 e. The molecule has 0 radical (unpaired) electrons. The highest BCUT2D eigenvalue weighted by Gasteiger charge is 2.16. The predicted molar refractivity (Wildman–Crippen MR) is 114 cm³/mol. The Morgan fingerprint density at radius 3 is 2.59 bits per heavy atom. The van der Waals surface area contributed by atoms with Crippen molar-refractivity contribution >= 4 is 16.9 Å². The Bertz CT molecular complexity index is 988. The fourth-order valence-corrected chi connectivity index (χ4v) is 3.92. The maximum atomic E-state index is 12.6. The van der Waals surface area contributed by atoms with Gasteiger partial charge in [0.1, 0.15) is 6.61 Å². The molecule has 0 N–H and O–H groups in total. The van der Waals surface area contributed by atoms with E-state index in [9.17, 15) is 4.79 Å². The summed E-state index contributed by atoms with van der Waals surface area (Å²) in [6, 6.07) is 16.3. The molecular formula is C24H28N2O3. The number of rotatable bonds is 6. The number of benzene rings is 2. The van der Waals surface area contributed by atoms with Gasteiger partial charge in [-0.2, -0.15) is 0 Å². The number of hydrogen-bond donors (Lipinski definition) is 0. The first-order chi connectivity index (χ1) is 14.1. The van der Waals surface area contributed by atoms with Gasteiger partial charge < -0.3 is 14.0 Å². The van der Waals surface area contributed by atoms with E-state index >= 15 is 0 Å². The fourth-order valence-electron chi connectivity index (χ4n) is 3.92. The van der Waals surface area contributed by atoms with Crippen LogP contribution in [0.1, 0.15) is 27.2 Å². The molecule has 0 spiro atoms. The summed E-state index contributed by atoms with van der Waals surface area (Å²) in [7, 11) is 0. The van der Waals surface area contributed by atoms with E-state index in [0.717, 1.165) is 50.3 Å². The zero-order chi connectivity index (χ0) is 20.2. The first-order valence-corrected chi connectivity index (χ1v) is 10.2. The first-order valence-electron chi connectivity index (χ1n) is 10.2. The van der Waals surface area contributed by atoms with Crippen molar-refractivity contribution < 1.29 is 14.3 Å². The maximum absolute atomic E-state index is 12.6. The summed E-state index contributed by atoms with van der Waals surface area (Å²) in [6.45, 7) is 9.54. The molecule has 1 saturated heterocycles. The van der Waals surface area contributed by atoms with Crippen LogP contribution in [-0.2, 0) is 16.0 Å². The molecule has 0 unspecified atom stereocenters. The van der Waals surface area contributed by atoms with Crippen molar-refractivity contribution in [1.82, 2.24) is 9.47 Å². The lowest BCUT2D eigenvalue weighted by Crippen LogP contribution is -2.38. The minimum Gasteiger partial charge on any atom is -0.461 e. The fraction of sp³-hybridized carbons (Fsp3) is 0.375. The van der Waals surface area contributed by atoms with E-state index in [1.54, 1.807) is 0 Å². The largest absolute Gasteiger partial charge is 0.461 e. The van der Waals surface area contributed by atoms with Crippen LogP contribution in [0.5, 0.6) is 0 Å². The Labute approximate surface area is 171 Å². The topological polar surface area (TPSA) is 43.7 Å². The molecule has 3 aromatic rings. The summed E-state index contributed by atoms with van der Waals surface area (Å²) in [4.78, 5) is 14.8. The number of aromatic nitrogens is 1. The van der Waals surface area contributed by atoms with Gasteiger partial charge in [0.2, 0.25) is 0 Å². The summed E-state index contributed by atoms with van der Waals surface area (Å²) in [6.07, 6.45) is 0. The SMILES string of the molecule is Cc1c(C)n(Cc2ccccc2)c2ccc(C(=O)OCCN3CCOCC3)cc12. The lowest BCUT2D eigenvalue weighted by molar-refractivity contribution is 0.0195. The molecule has 5 nitrogen and oxygen atoms in total. The molecule has 1 aliphatic heterocycles. The van der Waals surface area contributed by atoms with Gasteiger partial charge in [0.25, 0.3) is 0 Å². The second-order valence-electron chi connectivity index (χ2n) is 7.60. The molecule has 1 aliphatic rings. The highest BCUT2D eigenvalue weighted by molar-refractivity contribution is 5.96. The molecule has 152 valence electrons. The predicted octanol–water partition coefficient (Wildman–Crippen LogP) is 3.80. The highest BCUT2D eigenvalue weighted by atomic mass is 16.5. The van der Waals surface area contributed by atoms with Crippen molar-refractivity contribution in [2.24, 2.45) is 0 Å². The minimum atomic E-state index is -0.256. The monoisotopic (exact) mass is 392 g/mol. The Morgan fingerprint density at radius 2 is 1.83 bits per heavy atom. The number of morpholine rings is 1. The summed E-state index contributed by atoms with van der Waals surface area (Å²) < 4.78 is 13.2. The quantitative estimate of drug-likeness (QED) is 0.599. The molecular weight excluding hydrogens is 364 g/mol. The zero-order valence-electron chi connectivity index (χ0n) is 17.2. The molecule has 1 fully saturated rings. The number of carbonyl (C=O) groups is 1. The Morgan fingerprint density at radius 1 is 1.07 bits per heavy atom. The van der Waals surface area contributed by atoms with E-state index < -0.39 is 0 Å². The molecule has 0 aliphatic carbocycles. The van der Waals surface area contributed by atoms with Gasteiger partial charge in [0, 0.05) is 42.8 Å². The summed E-state index contributed by atoms with van der Waals surface area (Å²) in [5.74, 6) is -0.256. The van der Waals surface area contributed by atoms with E-state index in [1.807, 2.05) is 24.3 Å². The number of aryl methyl sites for hydroxylation is 1. The van der Waals surface area contributed by atoms with Crippen LogP contribution in [-0.4, -0.2) is 54.9 Å². The molecule has 4 rings (SSSR count). The first kappa shape index (κ1) is 19.7. The molecule has 0 bridgehead atoms. The third-order valence-corrected chi connectivity index (χ3v) is 5.80. The minimum absolute atomic E-state index is 0.256. The van der Waals surface area contributed by atoms with Gasteiger partial charge >= 0.3 is 5.97 Å². The van der Waals surface area contributed by atoms with Crippen molar-refractivity contribution in [3.63, 3.8) is 0 Å². The second kappa shape index (κ2) is 8.80. The Balaban J connectivity index is 1.48. The van der Waals surface area contributed by atoms with Crippen LogP contribution >= 0.6 is 0 Å². The molecule has 29 heavy (non-hydrogen) atoms. The van der Waals surface area contributed by atoms with Crippen LogP contribution in [0, 0.1) is 13.8 Å². The number of ether oxygens (including phenoxy) is 2. The van der Waals surface area contributed by atoms with E-state index in [1.165, 1.54) is 16.8 Å². The Kier molecular flexibility index (Phi) is 5.97. The van der Waals surface area contributed by atoms with E-state index in [4.69, 9.17) is 9.47 Å². The third-order valence-electron chi connectivity index (χ3n) is 5.80. The van der Waals surface area contributed by atoms with Gasteiger partial charge in [-0.25, -0.2) is 4.79 Å². The average molecular weight is 392 g/mol. The smallest absolute Gasteiger partial charge is 0.338 e. The third kappa shape index (κ3) is 4.36. The van der Waals surface area contributed by atoms with Crippen LogP contribution in [0.15, 0.2) is 48.5 Å². The zero-order valence-corrected chi connectivity index (χ0v) is 17.2. The van der Waals surface area contributed by atoms with Crippen molar-refractivity contribution in [2.75, 3.05) is 39.5 Å². The molecule has 0 amide bonds. The van der Waals surface area contributed by atoms with Crippen LogP contribution in [0.2, 0.25) is 0 Å². The average Bonchev–Trinajstić information content (AvgIpc) is 2.99. The summed E-state index contributed by atoms with van der Waals surface area (Å²) in [5, 5.41) is 1.11.